The van der Waals surface area contributed by atoms with Gasteiger partial charge in [0.25, 0.3) is 11.2 Å². The van der Waals surface area contributed by atoms with E-state index in [1.54, 1.807) is 38.1 Å². The highest BCUT2D eigenvalue weighted by molar-refractivity contribution is 7.07. The lowest BCUT2D eigenvalue weighted by atomic mass is 9.95. The summed E-state index contributed by atoms with van der Waals surface area (Å²) in [6.45, 7) is 6.67. The Bertz CT molecular complexity index is 1830. The minimum Gasteiger partial charge on any atom is -0.493 e. The number of thiazole rings is 1. The number of piperazine rings is 1. The Morgan fingerprint density at radius 1 is 1.09 bits per heavy atom. The van der Waals surface area contributed by atoms with E-state index in [1.165, 1.54) is 38.0 Å². The van der Waals surface area contributed by atoms with Crippen LogP contribution >= 0.6 is 11.3 Å². The van der Waals surface area contributed by atoms with Crippen LogP contribution in [0.1, 0.15) is 31.0 Å². The fourth-order valence-electron chi connectivity index (χ4n) is 5.61. The number of anilines is 1. The lowest BCUT2D eigenvalue weighted by molar-refractivity contribution is -0.384. The number of carbonyl (C=O) groups is 1. The molecule has 2 aromatic carbocycles. The number of allylic oxidation sites excluding steroid dienone is 1. The highest BCUT2D eigenvalue weighted by atomic mass is 32.1. The molecule has 1 atom stereocenters. The summed E-state index contributed by atoms with van der Waals surface area (Å²) in [5, 5.41) is 11.7. The molecule has 0 bridgehead atoms. The topological polar surface area (TPSA) is 138 Å². The monoisotopic (exact) mass is 637 g/mol. The third-order valence-corrected chi connectivity index (χ3v) is 8.86. The highest BCUT2D eigenvalue weighted by Gasteiger charge is 2.35. The standard InChI is InChI=1S/C31H35N5O8S/c1-7-44-30(38)26-18(2)32-31-35(27(26)20-15-23(41-4)28(43-6)24(16-20)42-5)29(37)25(45-31)17-19-14-21(36(39)40)8-9-22(19)34-12-10-33(3)11-13-34/h8-9,14-17,27H,7,10-13H2,1-6H3/b25-17+/t27-/m0/s1. The van der Waals surface area contributed by atoms with E-state index in [0.29, 0.717) is 43.4 Å². The normalized spacial score (nSPS) is 17.1. The molecule has 0 amide bonds. The van der Waals surface area contributed by atoms with Crippen LogP contribution in [-0.2, 0) is 9.53 Å². The van der Waals surface area contributed by atoms with Crippen LogP contribution in [0.15, 0.2) is 51.4 Å². The molecule has 0 N–H and O–H groups in total. The minimum absolute atomic E-state index is 0.0809. The SMILES string of the molecule is CCOC(=O)C1=C(C)N=c2s/c(=C/c3cc([N+](=O)[O-])ccc3N3CCN(C)CC3)c(=O)n2[C@H]1c1cc(OC)c(OC)c(OC)c1. The van der Waals surface area contributed by atoms with Crippen molar-refractivity contribution >= 4 is 34.8 Å². The molecule has 0 spiro atoms. The summed E-state index contributed by atoms with van der Waals surface area (Å²) in [6.07, 6.45) is 1.67. The zero-order valence-electron chi connectivity index (χ0n) is 26.0. The molecule has 45 heavy (non-hydrogen) atoms. The summed E-state index contributed by atoms with van der Waals surface area (Å²) < 4.78 is 23.8. The van der Waals surface area contributed by atoms with Crippen molar-refractivity contribution in [2.24, 2.45) is 4.99 Å². The molecule has 2 aliphatic heterocycles. The smallest absolute Gasteiger partial charge is 0.338 e. The van der Waals surface area contributed by atoms with Crippen molar-refractivity contribution in [1.29, 1.82) is 0 Å². The first-order valence-electron chi connectivity index (χ1n) is 14.3. The first-order valence-corrected chi connectivity index (χ1v) is 15.1. The maximum Gasteiger partial charge on any atom is 0.338 e. The van der Waals surface area contributed by atoms with Gasteiger partial charge in [-0.1, -0.05) is 11.3 Å². The summed E-state index contributed by atoms with van der Waals surface area (Å²) in [7, 11) is 6.50. The molecule has 1 aromatic heterocycles. The number of ether oxygens (including phenoxy) is 4. The van der Waals surface area contributed by atoms with Gasteiger partial charge in [-0.05, 0) is 50.7 Å². The Kier molecular flexibility index (Phi) is 9.25. The molecule has 3 aromatic rings. The van der Waals surface area contributed by atoms with Gasteiger partial charge in [0.05, 0.1) is 54.7 Å². The maximum absolute atomic E-state index is 14.3. The molecule has 13 nitrogen and oxygen atoms in total. The fraction of sp³-hybridized carbons (Fsp3) is 0.387. The van der Waals surface area contributed by atoms with Crippen molar-refractivity contribution in [2.45, 2.75) is 19.9 Å². The summed E-state index contributed by atoms with van der Waals surface area (Å²) >= 11 is 1.14. The van der Waals surface area contributed by atoms with E-state index in [9.17, 15) is 19.7 Å². The van der Waals surface area contributed by atoms with Gasteiger partial charge in [0.2, 0.25) is 5.75 Å². The number of nitro benzene ring substituents is 1. The average Bonchev–Trinajstić information content (AvgIpc) is 3.33. The number of benzene rings is 2. The third kappa shape index (κ3) is 6.02. The first kappa shape index (κ1) is 31.7. The maximum atomic E-state index is 14.3. The number of non-ortho nitro benzene ring substituents is 1. The van der Waals surface area contributed by atoms with Crippen molar-refractivity contribution in [1.82, 2.24) is 9.47 Å². The van der Waals surface area contributed by atoms with Gasteiger partial charge in [0, 0.05) is 49.6 Å². The van der Waals surface area contributed by atoms with Crippen LogP contribution in [0.2, 0.25) is 0 Å². The number of rotatable bonds is 9. The lowest BCUT2D eigenvalue weighted by Crippen LogP contribution is -2.44. The Labute approximate surface area is 263 Å². The second kappa shape index (κ2) is 13.1. The highest BCUT2D eigenvalue weighted by Crippen LogP contribution is 2.42. The first-order chi connectivity index (χ1) is 21.6. The van der Waals surface area contributed by atoms with Gasteiger partial charge in [-0.3, -0.25) is 19.5 Å². The fourth-order valence-corrected chi connectivity index (χ4v) is 6.65. The van der Waals surface area contributed by atoms with Crippen molar-refractivity contribution in [2.75, 3.05) is 66.1 Å². The van der Waals surface area contributed by atoms with Gasteiger partial charge in [0.15, 0.2) is 16.3 Å². The van der Waals surface area contributed by atoms with Crippen molar-refractivity contribution < 1.29 is 28.7 Å². The van der Waals surface area contributed by atoms with E-state index < -0.39 is 22.5 Å². The molecule has 14 heteroatoms. The number of esters is 1. The molecular weight excluding hydrogens is 602 g/mol. The van der Waals surface area contributed by atoms with Gasteiger partial charge in [-0.25, -0.2) is 9.79 Å². The van der Waals surface area contributed by atoms with Crippen LogP contribution < -0.4 is 34.0 Å². The molecule has 0 aliphatic carbocycles. The number of aromatic nitrogens is 1. The molecule has 1 fully saturated rings. The second-order valence-corrected chi connectivity index (χ2v) is 11.6. The molecule has 0 radical (unpaired) electrons. The molecule has 1 saturated heterocycles. The van der Waals surface area contributed by atoms with Gasteiger partial charge in [0.1, 0.15) is 0 Å². The Balaban J connectivity index is 1.75. The summed E-state index contributed by atoms with van der Waals surface area (Å²) in [4.78, 5) is 48.3. The van der Waals surface area contributed by atoms with Crippen LogP contribution in [0.3, 0.4) is 0 Å². The number of likely N-dealkylation sites (N-methyl/N-ethyl adjacent to an activating group) is 1. The third-order valence-electron chi connectivity index (χ3n) is 7.87. The number of nitrogens with zero attached hydrogens (tertiary/aromatic N) is 5. The average molecular weight is 638 g/mol. The van der Waals surface area contributed by atoms with E-state index in [-0.39, 0.29) is 17.9 Å². The molecular formula is C31H35N5O8S. The number of carbonyl (C=O) groups excluding carboxylic acids is 1. The van der Waals surface area contributed by atoms with Crippen molar-refractivity contribution in [3.63, 3.8) is 0 Å². The van der Waals surface area contributed by atoms with E-state index in [1.807, 2.05) is 7.05 Å². The van der Waals surface area contributed by atoms with E-state index in [2.05, 4.69) is 14.8 Å². The van der Waals surface area contributed by atoms with Crippen molar-refractivity contribution in [3.8, 4) is 17.2 Å². The minimum atomic E-state index is -0.932. The van der Waals surface area contributed by atoms with Gasteiger partial charge in [-0.15, -0.1) is 0 Å². The van der Waals surface area contributed by atoms with Crippen molar-refractivity contribution in [3.05, 3.63) is 82.5 Å². The predicted octanol–water partition coefficient (Wildman–Crippen LogP) is 2.48. The van der Waals surface area contributed by atoms with Gasteiger partial charge < -0.3 is 28.7 Å². The molecule has 2 aliphatic rings. The number of hydrogen-bond acceptors (Lipinski definition) is 12. The zero-order chi connectivity index (χ0) is 32.4. The van der Waals surface area contributed by atoms with Gasteiger partial charge >= 0.3 is 5.97 Å². The van der Waals surface area contributed by atoms with Crippen LogP contribution in [0.5, 0.6) is 17.2 Å². The quantitative estimate of drug-likeness (QED) is 0.195. The Hall–Kier alpha value is -4.69. The summed E-state index contributed by atoms with van der Waals surface area (Å²) in [5.74, 6) is 0.444. The summed E-state index contributed by atoms with van der Waals surface area (Å²) in [6, 6.07) is 7.14. The summed E-state index contributed by atoms with van der Waals surface area (Å²) in [5.41, 5.74) is 1.95. The van der Waals surface area contributed by atoms with Crippen LogP contribution in [0.25, 0.3) is 6.08 Å². The van der Waals surface area contributed by atoms with E-state index in [0.717, 1.165) is 43.2 Å². The van der Waals surface area contributed by atoms with E-state index >= 15 is 0 Å². The number of methoxy groups -OCH3 is 3. The zero-order valence-corrected chi connectivity index (χ0v) is 26.8. The number of hydrogen-bond donors (Lipinski definition) is 0. The molecule has 238 valence electrons. The predicted molar refractivity (Wildman–Crippen MR) is 169 cm³/mol. The van der Waals surface area contributed by atoms with Crippen LogP contribution in [0.4, 0.5) is 11.4 Å². The number of fused-ring (bicyclic) bond motifs is 1. The van der Waals surface area contributed by atoms with Gasteiger partial charge in [-0.2, -0.15) is 0 Å². The Morgan fingerprint density at radius 2 is 1.76 bits per heavy atom. The lowest BCUT2D eigenvalue weighted by Gasteiger charge is -2.34. The molecule has 0 unspecified atom stereocenters. The molecule has 3 heterocycles. The van der Waals surface area contributed by atoms with E-state index in [4.69, 9.17) is 18.9 Å². The van der Waals surface area contributed by atoms with Crippen LogP contribution in [0, 0.1) is 10.1 Å². The Morgan fingerprint density at radius 3 is 2.33 bits per heavy atom. The van der Waals surface area contributed by atoms with Crippen LogP contribution in [-0.4, -0.2) is 81.5 Å². The molecule has 5 rings (SSSR count). The number of nitro groups is 1. The molecule has 0 saturated carbocycles. The second-order valence-electron chi connectivity index (χ2n) is 10.6. The largest absolute Gasteiger partial charge is 0.493 e.